The summed E-state index contributed by atoms with van der Waals surface area (Å²) < 4.78 is 34.2. The van der Waals surface area contributed by atoms with Crippen LogP contribution < -0.4 is 4.74 Å². The van der Waals surface area contributed by atoms with Gasteiger partial charge < -0.3 is 4.74 Å². The largest absolute Gasteiger partial charge is 0.497 e. The molecule has 0 unspecified atom stereocenters. The van der Waals surface area contributed by atoms with Gasteiger partial charge in [0.25, 0.3) is 0 Å². The van der Waals surface area contributed by atoms with Gasteiger partial charge in [-0.1, -0.05) is 29.8 Å². The van der Waals surface area contributed by atoms with E-state index in [0.717, 1.165) is 11.6 Å². The Morgan fingerprint density at radius 2 is 1.76 bits per heavy atom. The van der Waals surface area contributed by atoms with Gasteiger partial charge in [0.1, 0.15) is 17.4 Å². The predicted octanol–water partition coefficient (Wildman–Crippen LogP) is 4.57. The lowest BCUT2D eigenvalue weighted by Crippen LogP contribution is -2.09. The number of hydrogen-bond donors (Lipinski definition) is 0. The lowest BCUT2D eigenvalue weighted by Gasteiger charge is -2.10. The van der Waals surface area contributed by atoms with Crippen molar-refractivity contribution in [2.24, 2.45) is 0 Å². The van der Waals surface area contributed by atoms with Crippen LogP contribution in [0, 0.1) is 18.6 Å². The van der Waals surface area contributed by atoms with Crippen LogP contribution in [0.2, 0.25) is 0 Å². The van der Waals surface area contributed by atoms with E-state index >= 15 is 0 Å². The molecule has 126 valence electrons. The van der Waals surface area contributed by atoms with E-state index in [2.05, 4.69) is 4.98 Å². The summed E-state index contributed by atoms with van der Waals surface area (Å²) in [4.78, 5) is 16.7. The number of aromatic nitrogens is 1. The number of aryl methyl sites for hydroxylation is 1. The van der Waals surface area contributed by atoms with Gasteiger partial charge in [-0.15, -0.1) is 0 Å². The fourth-order valence-corrected chi connectivity index (χ4v) is 2.49. The number of rotatable bonds is 4. The monoisotopic (exact) mass is 339 g/mol. The molecule has 2 aromatic carbocycles. The van der Waals surface area contributed by atoms with Gasteiger partial charge in [-0.2, -0.15) is 0 Å². The molecule has 0 aliphatic heterocycles. The van der Waals surface area contributed by atoms with E-state index in [0.29, 0.717) is 5.75 Å². The van der Waals surface area contributed by atoms with Crippen LogP contribution in [0.15, 0.2) is 54.7 Å². The zero-order chi connectivity index (χ0) is 18.0. The number of halogens is 2. The molecule has 0 aliphatic carbocycles. The van der Waals surface area contributed by atoms with Crippen LogP contribution in [-0.2, 0) is 0 Å². The molecule has 0 spiro atoms. The highest BCUT2D eigenvalue weighted by Crippen LogP contribution is 2.28. The Hall–Kier alpha value is -3.08. The first-order valence-electron chi connectivity index (χ1n) is 7.61. The zero-order valence-corrected chi connectivity index (χ0v) is 13.7. The highest BCUT2D eigenvalue weighted by Gasteiger charge is 2.23. The Bertz CT molecular complexity index is 937. The molecule has 3 rings (SSSR count). The molecular weight excluding hydrogens is 324 g/mol. The highest BCUT2D eigenvalue weighted by molar-refractivity contribution is 6.10. The topological polar surface area (TPSA) is 39.2 Å². The van der Waals surface area contributed by atoms with Gasteiger partial charge in [0.15, 0.2) is 5.78 Å². The first-order valence-corrected chi connectivity index (χ1v) is 7.61. The van der Waals surface area contributed by atoms with E-state index < -0.39 is 23.0 Å². The van der Waals surface area contributed by atoms with Crippen molar-refractivity contribution in [1.82, 2.24) is 4.98 Å². The van der Waals surface area contributed by atoms with E-state index in [1.165, 1.54) is 25.4 Å². The van der Waals surface area contributed by atoms with Crippen LogP contribution in [0.5, 0.6) is 5.75 Å². The summed E-state index contributed by atoms with van der Waals surface area (Å²) >= 11 is 0. The SMILES string of the molecule is COc1ccnc(-c2ccc(F)c(C(=O)c3ccc(C)cc3)c2F)c1. The molecule has 5 heteroatoms. The van der Waals surface area contributed by atoms with Gasteiger partial charge in [-0.05, 0) is 25.1 Å². The molecule has 25 heavy (non-hydrogen) atoms. The number of carbonyl (C=O) groups is 1. The molecule has 0 N–H and O–H groups in total. The molecule has 0 atom stereocenters. The molecule has 0 radical (unpaired) electrons. The summed E-state index contributed by atoms with van der Waals surface area (Å²) in [6.45, 7) is 1.87. The van der Waals surface area contributed by atoms with Crippen LogP contribution in [0.3, 0.4) is 0 Å². The summed E-state index contributed by atoms with van der Waals surface area (Å²) in [6, 6.07) is 12.0. The lowest BCUT2D eigenvalue weighted by molar-refractivity contribution is 0.103. The summed E-state index contributed by atoms with van der Waals surface area (Å²) in [6.07, 6.45) is 1.46. The van der Waals surface area contributed by atoms with Crippen molar-refractivity contribution in [3.8, 4) is 17.0 Å². The molecule has 0 fully saturated rings. The zero-order valence-electron chi connectivity index (χ0n) is 13.7. The summed E-state index contributed by atoms with van der Waals surface area (Å²) in [7, 11) is 1.48. The number of nitrogens with zero attached hydrogens (tertiary/aromatic N) is 1. The average Bonchev–Trinajstić information content (AvgIpc) is 2.62. The van der Waals surface area contributed by atoms with E-state index in [1.54, 1.807) is 30.3 Å². The number of hydrogen-bond acceptors (Lipinski definition) is 3. The number of methoxy groups -OCH3 is 1. The van der Waals surface area contributed by atoms with Crippen LogP contribution in [0.4, 0.5) is 8.78 Å². The van der Waals surface area contributed by atoms with E-state index in [1.807, 2.05) is 6.92 Å². The van der Waals surface area contributed by atoms with Gasteiger partial charge >= 0.3 is 0 Å². The maximum atomic E-state index is 14.9. The van der Waals surface area contributed by atoms with Crippen molar-refractivity contribution in [1.29, 1.82) is 0 Å². The molecule has 0 amide bonds. The molecule has 0 saturated carbocycles. The van der Waals surface area contributed by atoms with Crippen LogP contribution in [-0.4, -0.2) is 17.9 Å². The van der Waals surface area contributed by atoms with E-state index in [9.17, 15) is 13.6 Å². The minimum atomic E-state index is -0.939. The summed E-state index contributed by atoms with van der Waals surface area (Å²) in [5.41, 5.74) is 0.877. The van der Waals surface area contributed by atoms with Gasteiger partial charge in [0, 0.05) is 23.4 Å². The van der Waals surface area contributed by atoms with Gasteiger partial charge in [0.05, 0.1) is 18.4 Å². The second-order valence-corrected chi connectivity index (χ2v) is 5.56. The lowest BCUT2D eigenvalue weighted by atomic mass is 9.98. The first-order chi connectivity index (χ1) is 12.0. The van der Waals surface area contributed by atoms with E-state index in [4.69, 9.17) is 4.74 Å². The third kappa shape index (κ3) is 3.26. The highest BCUT2D eigenvalue weighted by atomic mass is 19.1. The van der Waals surface area contributed by atoms with Gasteiger partial charge in [0.2, 0.25) is 0 Å². The quantitative estimate of drug-likeness (QED) is 0.654. The molecule has 0 aliphatic rings. The molecule has 3 nitrogen and oxygen atoms in total. The third-order valence-corrected chi connectivity index (χ3v) is 3.87. The molecular formula is C20H15F2NO2. The second kappa shape index (κ2) is 6.81. The Balaban J connectivity index is 2.11. The van der Waals surface area contributed by atoms with Crippen molar-refractivity contribution in [3.05, 3.63) is 83.1 Å². The Kier molecular flexibility index (Phi) is 4.57. The normalized spacial score (nSPS) is 10.6. The Labute approximate surface area is 143 Å². The standard InChI is InChI=1S/C20H15F2NO2/c1-12-3-5-13(6-4-12)20(24)18-16(21)8-7-15(19(18)22)17-11-14(25-2)9-10-23-17/h3-11H,1-2H3. The van der Waals surface area contributed by atoms with Crippen molar-refractivity contribution in [2.75, 3.05) is 7.11 Å². The fourth-order valence-electron chi connectivity index (χ4n) is 2.49. The smallest absolute Gasteiger partial charge is 0.198 e. The number of ether oxygens (including phenoxy) is 1. The predicted molar refractivity (Wildman–Crippen MR) is 90.8 cm³/mol. The summed E-state index contributed by atoms with van der Waals surface area (Å²) in [5, 5.41) is 0. The maximum absolute atomic E-state index is 14.9. The minimum absolute atomic E-state index is 0.0377. The van der Waals surface area contributed by atoms with Crippen molar-refractivity contribution in [3.63, 3.8) is 0 Å². The second-order valence-electron chi connectivity index (χ2n) is 5.56. The minimum Gasteiger partial charge on any atom is -0.497 e. The number of benzene rings is 2. The Morgan fingerprint density at radius 1 is 1.04 bits per heavy atom. The number of ketones is 1. The third-order valence-electron chi connectivity index (χ3n) is 3.87. The molecule has 3 aromatic rings. The van der Waals surface area contributed by atoms with Crippen LogP contribution in [0.25, 0.3) is 11.3 Å². The molecule has 0 saturated heterocycles. The molecule has 1 aromatic heterocycles. The molecule has 0 bridgehead atoms. The Morgan fingerprint density at radius 3 is 2.44 bits per heavy atom. The van der Waals surface area contributed by atoms with Crippen molar-refractivity contribution < 1.29 is 18.3 Å². The fraction of sp³-hybridized carbons (Fsp3) is 0.100. The van der Waals surface area contributed by atoms with Gasteiger partial charge in [-0.25, -0.2) is 8.78 Å². The maximum Gasteiger partial charge on any atom is 0.198 e. The van der Waals surface area contributed by atoms with E-state index in [-0.39, 0.29) is 16.8 Å². The first kappa shape index (κ1) is 16.8. The van der Waals surface area contributed by atoms with Gasteiger partial charge in [-0.3, -0.25) is 9.78 Å². The van der Waals surface area contributed by atoms with Crippen molar-refractivity contribution in [2.45, 2.75) is 6.92 Å². The van der Waals surface area contributed by atoms with Crippen LogP contribution >= 0.6 is 0 Å². The summed E-state index contributed by atoms with van der Waals surface area (Å²) in [5.74, 6) is -2.07. The average molecular weight is 339 g/mol. The van der Waals surface area contributed by atoms with Crippen LogP contribution in [0.1, 0.15) is 21.5 Å². The van der Waals surface area contributed by atoms with Crippen molar-refractivity contribution >= 4 is 5.78 Å². The number of pyridine rings is 1. The molecule has 1 heterocycles. The number of carbonyl (C=O) groups excluding carboxylic acids is 1.